The Balaban J connectivity index is 1.44. The van der Waals surface area contributed by atoms with E-state index in [1.54, 1.807) is 0 Å². The summed E-state index contributed by atoms with van der Waals surface area (Å²) in [4.78, 5) is 14.5. The van der Waals surface area contributed by atoms with Crippen molar-refractivity contribution in [2.24, 2.45) is 0 Å². The van der Waals surface area contributed by atoms with Gasteiger partial charge in [-0.15, -0.1) is 0 Å². The van der Waals surface area contributed by atoms with E-state index in [-0.39, 0.29) is 5.91 Å². The highest BCUT2D eigenvalue weighted by molar-refractivity contribution is 5.94. The summed E-state index contributed by atoms with van der Waals surface area (Å²) in [5.41, 5.74) is 3.97. The zero-order chi connectivity index (χ0) is 15.6. The maximum atomic E-state index is 12.6. The van der Waals surface area contributed by atoms with Gasteiger partial charge in [0.05, 0.1) is 0 Å². The second-order valence-corrected chi connectivity index (χ2v) is 6.18. The molecule has 23 heavy (non-hydrogen) atoms. The van der Waals surface area contributed by atoms with E-state index in [9.17, 15) is 4.79 Å². The molecule has 1 aromatic carbocycles. The number of carbonyl (C=O) groups is 1. The van der Waals surface area contributed by atoms with E-state index in [0.29, 0.717) is 24.7 Å². The lowest BCUT2D eigenvalue weighted by atomic mass is 10.0. The van der Waals surface area contributed by atoms with Crippen molar-refractivity contribution in [2.45, 2.75) is 12.3 Å². The van der Waals surface area contributed by atoms with Crippen LogP contribution < -0.4 is 5.32 Å². The van der Waals surface area contributed by atoms with Crippen LogP contribution in [0.4, 0.5) is 0 Å². The van der Waals surface area contributed by atoms with E-state index in [0.717, 1.165) is 25.2 Å². The van der Waals surface area contributed by atoms with Crippen LogP contribution in [-0.2, 0) is 0 Å². The zero-order valence-corrected chi connectivity index (χ0v) is 13.0. The molecule has 1 aromatic heterocycles. The maximum absolute atomic E-state index is 12.6. The Hall–Kier alpha value is -2.40. The van der Waals surface area contributed by atoms with E-state index in [2.05, 4.69) is 33.7 Å². The topological polar surface area (TPSA) is 61.0 Å². The Labute approximate surface area is 135 Å². The number of H-pyrrole nitrogens is 1. The number of hydrogen-bond donors (Lipinski definition) is 2. The van der Waals surface area contributed by atoms with Gasteiger partial charge in [0.1, 0.15) is 5.69 Å². The second-order valence-electron chi connectivity index (χ2n) is 6.18. The van der Waals surface area contributed by atoms with Gasteiger partial charge in [0.25, 0.3) is 5.91 Å². The van der Waals surface area contributed by atoms with Gasteiger partial charge < -0.3 is 10.2 Å². The summed E-state index contributed by atoms with van der Waals surface area (Å²) in [6.07, 6.45) is 3.22. The van der Waals surface area contributed by atoms with Crippen LogP contribution in [0.25, 0.3) is 5.57 Å². The summed E-state index contributed by atoms with van der Waals surface area (Å²) >= 11 is 0. The number of aromatic nitrogens is 2. The van der Waals surface area contributed by atoms with Crippen molar-refractivity contribution in [3.05, 3.63) is 59.4 Å². The largest absolute Gasteiger partial charge is 0.329 e. The van der Waals surface area contributed by atoms with Crippen LogP contribution in [0.2, 0.25) is 0 Å². The molecule has 5 nitrogen and oxygen atoms in total. The Morgan fingerprint density at radius 3 is 2.91 bits per heavy atom. The van der Waals surface area contributed by atoms with Crippen LogP contribution in [0.3, 0.4) is 0 Å². The van der Waals surface area contributed by atoms with Crippen molar-refractivity contribution in [1.82, 2.24) is 20.4 Å². The van der Waals surface area contributed by atoms with Gasteiger partial charge >= 0.3 is 0 Å². The number of hydrogen-bond acceptors (Lipinski definition) is 3. The molecule has 0 bridgehead atoms. The Bertz CT molecular complexity index is 728. The Kier molecular flexibility index (Phi) is 3.71. The quantitative estimate of drug-likeness (QED) is 0.912. The molecular weight excluding hydrogens is 288 g/mol. The zero-order valence-electron chi connectivity index (χ0n) is 13.0. The molecule has 118 valence electrons. The van der Waals surface area contributed by atoms with Crippen LogP contribution in [0.1, 0.15) is 34.1 Å². The van der Waals surface area contributed by atoms with Crippen molar-refractivity contribution >= 4 is 11.5 Å². The monoisotopic (exact) mass is 308 g/mol. The molecule has 4 rings (SSSR count). The first-order chi connectivity index (χ1) is 11.3. The number of rotatable bonds is 3. The van der Waals surface area contributed by atoms with E-state index < -0.39 is 0 Å². The first kappa shape index (κ1) is 14.2. The number of aromatic amines is 1. The average Bonchev–Trinajstić information content (AvgIpc) is 3.35. The number of amides is 1. The van der Waals surface area contributed by atoms with Crippen molar-refractivity contribution in [3.8, 4) is 0 Å². The molecule has 1 fully saturated rings. The third-order valence-electron chi connectivity index (χ3n) is 4.67. The van der Waals surface area contributed by atoms with Gasteiger partial charge in [0.2, 0.25) is 0 Å². The molecular formula is C18H20N4O. The molecule has 2 N–H and O–H groups in total. The summed E-state index contributed by atoms with van der Waals surface area (Å²) in [7, 11) is 0. The number of carbonyl (C=O) groups excluding carboxylic acids is 1. The molecule has 1 amide bonds. The molecule has 0 aliphatic carbocycles. The highest BCUT2D eigenvalue weighted by atomic mass is 16.2. The van der Waals surface area contributed by atoms with Crippen LogP contribution in [0.5, 0.6) is 0 Å². The number of benzene rings is 1. The van der Waals surface area contributed by atoms with Gasteiger partial charge in [-0.2, -0.15) is 5.10 Å². The Morgan fingerprint density at radius 1 is 1.26 bits per heavy atom. The number of nitrogens with zero attached hydrogens (tertiary/aromatic N) is 2. The first-order valence-corrected chi connectivity index (χ1v) is 8.11. The average molecular weight is 308 g/mol. The predicted molar refractivity (Wildman–Crippen MR) is 89.1 cm³/mol. The predicted octanol–water partition coefficient (Wildman–Crippen LogP) is 2.03. The fraction of sp³-hybridized carbons (Fsp3) is 0.333. The van der Waals surface area contributed by atoms with Gasteiger partial charge in [-0.3, -0.25) is 9.89 Å². The van der Waals surface area contributed by atoms with Crippen LogP contribution in [0, 0.1) is 0 Å². The summed E-state index contributed by atoms with van der Waals surface area (Å²) in [6.45, 7) is 3.29. The van der Waals surface area contributed by atoms with Gasteiger partial charge in [0.15, 0.2) is 0 Å². The third kappa shape index (κ3) is 2.80. The highest BCUT2D eigenvalue weighted by Crippen LogP contribution is 2.24. The second kappa shape index (κ2) is 6.01. The van der Waals surface area contributed by atoms with Crippen molar-refractivity contribution < 1.29 is 4.79 Å². The van der Waals surface area contributed by atoms with E-state index in [1.807, 2.05) is 29.2 Å². The fourth-order valence-electron chi connectivity index (χ4n) is 3.31. The lowest BCUT2D eigenvalue weighted by Gasteiger charge is -2.15. The van der Waals surface area contributed by atoms with Gasteiger partial charge in [-0.25, -0.2) is 0 Å². The molecule has 0 radical (unpaired) electrons. The minimum atomic E-state index is 0.000590. The van der Waals surface area contributed by atoms with Crippen LogP contribution >= 0.6 is 0 Å². The number of nitrogens with one attached hydrogen (secondary N) is 2. The molecule has 2 aliphatic rings. The van der Waals surface area contributed by atoms with Gasteiger partial charge in [-0.05, 0) is 30.2 Å². The molecule has 3 heterocycles. The molecule has 1 atom stereocenters. The molecule has 1 unspecified atom stereocenters. The molecule has 2 aliphatic heterocycles. The lowest BCUT2D eigenvalue weighted by molar-refractivity contribution is 0.0795. The molecule has 0 saturated carbocycles. The van der Waals surface area contributed by atoms with E-state index >= 15 is 0 Å². The molecule has 5 heteroatoms. The minimum Gasteiger partial charge on any atom is -0.329 e. The smallest absolute Gasteiger partial charge is 0.274 e. The van der Waals surface area contributed by atoms with Crippen LogP contribution in [0.15, 0.2) is 42.5 Å². The van der Waals surface area contributed by atoms with Gasteiger partial charge in [0, 0.05) is 31.2 Å². The molecule has 1 saturated heterocycles. The fourth-order valence-corrected chi connectivity index (χ4v) is 3.31. The van der Waals surface area contributed by atoms with Crippen molar-refractivity contribution in [3.63, 3.8) is 0 Å². The van der Waals surface area contributed by atoms with Crippen molar-refractivity contribution in [1.29, 1.82) is 0 Å². The summed E-state index contributed by atoms with van der Waals surface area (Å²) in [5, 5.41) is 10.6. The summed E-state index contributed by atoms with van der Waals surface area (Å²) in [5.74, 6) is 0.446. The highest BCUT2D eigenvalue weighted by Gasteiger charge is 2.25. The normalized spacial score (nSPS) is 20.8. The summed E-state index contributed by atoms with van der Waals surface area (Å²) in [6, 6.07) is 12.1. The lowest BCUT2D eigenvalue weighted by Crippen LogP contribution is -2.29. The first-order valence-electron chi connectivity index (χ1n) is 8.11. The molecule has 0 spiro atoms. The van der Waals surface area contributed by atoms with Gasteiger partial charge in [-0.1, -0.05) is 36.4 Å². The Morgan fingerprint density at radius 2 is 2.13 bits per heavy atom. The van der Waals surface area contributed by atoms with E-state index in [1.165, 1.54) is 11.1 Å². The minimum absolute atomic E-state index is 0.000590. The SMILES string of the molecule is O=C(c1cc(C2CCNC2)[nH]n1)N1CC=C(c2ccccc2)C1. The van der Waals surface area contributed by atoms with Crippen LogP contribution in [-0.4, -0.2) is 47.2 Å². The summed E-state index contributed by atoms with van der Waals surface area (Å²) < 4.78 is 0. The third-order valence-corrected chi connectivity index (χ3v) is 4.67. The van der Waals surface area contributed by atoms with E-state index in [4.69, 9.17) is 0 Å². The maximum Gasteiger partial charge on any atom is 0.274 e. The van der Waals surface area contributed by atoms with Crippen molar-refractivity contribution in [2.75, 3.05) is 26.2 Å². The molecule has 2 aromatic rings. The standard InChI is InChI=1S/C18H20N4O/c23-18(17-10-16(20-21-17)14-6-8-19-11-14)22-9-7-15(12-22)13-4-2-1-3-5-13/h1-5,7,10,14,19H,6,8-9,11-12H2,(H,20,21).